The molecule has 18 heteroatoms. The Bertz CT molecular complexity index is 5040. The molecular formula is C72H65N3O15. The summed E-state index contributed by atoms with van der Waals surface area (Å²) in [6, 6.07) is 41.5. The van der Waals surface area contributed by atoms with Gasteiger partial charge in [0, 0.05) is 86.4 Å². The lowest BCUT2D eigenvalue weighted by Crippen LogP contribution is -2.32. The first-order valence-corrected chi connectivity index (χ1v) is 30.2. The maximum atomic E-state index is 12.7. The molecule has 3 fully saturated rings. The fourth-order valence-corrected chi connectivity index (χ4v) is 12.1. The molecule has 18 nitrogen and oxygen atoms in total. The maximum absolute atomic E-state index is 12.7. The van der Waals surface area contributed by atoms with E-state index in [0.717, 1.165) is 68.0 Å². The highest BCUT2D eigenvalue weighted by Gasteiger charge is 2.24. The van der Waals surface area contributed by atoms with Crippen LogP contribution >= 0.6 is 0 Å². The number of likely N-dealkylation sites (tertiary alicyclic amines) is 3. The van der Waals surface area contributed by atoms with Gasteiger partial charge in [0.05, 0.1) is 27.8 Å². The van der Waals surface area contributed by atoms with E-state index in [9.17, 15) is 44.1 Å². The molecule has 6 aromatic carbocycles. The van der Waals surface area contributed by atoms with Crippen molar-refractivity contribution >= 4 is 65.8 Å². The fraction of sp³-hybridized carbons (Fsp3) is 0.250. The zero-order chi connectivity index (χ0) is 62.6. The lowest BCUT2D eigenvalue weighted by molar-refractivity contribution is 0.183. The van der Waals surface area contributed by atoms with Gasteiger partial charge in [-0.15, -0.1) is 0 Å². The predicted octanol–water partition coefficient (Wildman–Crippen LogP) is 12.7. The standard InChI is InChI=1S/C25H23NO5.C23H19NO5.C18H10O5.C6H13N/c1-15-8-10-26(11-9-15)14-20-21(27)7-6-17-18(13-23(28)31-24(17)20)19-12-16-4-2-3-5-22(16)30-25(19)29;25-19-8-7-15-16(17-11-14-5-1-2-6-20(14)28-23(17)27)12-21(26)29-22(15)18(19)13-24-9-3-4-10-24;19-11-5-6-12-13(9-17(20)22-16(12)8-11)14-7-10-3-1-2-4-15(10)23-18(14)21;1-7-5-3-2-4-6-7/h2-7,12-13,15,27H,8-11,14H2,1H3;1-2,5-8,11-12,25H,3-4,9-10,13H2;1-9,19H;2-6H2,1H3. The van der Waals surface area contributed by atoms with Crippen LogP contribution in [0.1, 0.15) is 63.0 Å². The van der Waals surface area contributed by atoms with Crippen LogP contribution in [-0.4, -0.2) is 76.3 Å². The molecule has 3 saturated heterocycles. The smallest absolute Gasteiger partial charge is 0.344 e. The van der Waals surface area contributed by atoms with E-state index in [1.165, 1.54) is 62.7 Å². The highest BCUT2D eigenvalue weighted by molar-refractivity contribution is 5.99. The summed E-state index contributed by atoms with van der Waals surface area (Å²) >= 11 is 0. The maximum Gasteiger partial charge on any atom is 0.344 e. The molecule has 0 saturated carbocycles. The van der Waals surface area contributed by atoms with Crippen LogP contribution in [0.15, 0.2) is 207 Å². The molecule has 0 radical (unpaired) electrons. The highest BCUT2D eigenvalue weighted by Crippen LogP contribution is 2.37. The zero-order valence-corrected chi connectivity index (χ0v) is 49.7. The summed E-state index contributed by atoms with van der Waals surface area (Å²) in [5.41, 5.74) is 2.23. The molecule has 0 aliphatic carbocycles. The minimum atomic E-state index is -0.606. The van der Waals surface area contributed by atoms with Crippen molar-refractivity contribution in [3.8, 4) is 50.6 Å². The highest BCUT2D eigenvalue weighted by atomic mass is 16.4. The third kappa shape index (κ3) is 13.2. The van der Waals surface area contributed by atoms with E-state index in [4.69, 9.17) is 26.5 Å². The first-order valence-electron chi connectivity index (χ1n) is 30.2. The number of rotatable bonds is 7. The van der Waals surface area contributed by atoms with E-state index < -0.39 is 33.8 Å². The number of phenolic OH excluding ortho intramolecular Hbond substituents is 3. The Kier molecular flexibility index (Phi) is 17.6. The Hall–Kier alpha value is -10.1. The van der Waals surface area contributed by atoms with Crippen LogP contribution in [-0.2, 0) is 13.1 Å². The average Bonchev–Trinajstić information content (AvgIpc) is 1.12. The zero-order valence-electron chi connectivity index (χ0n) is 49.7. The van der Waals surface area contributed by atoms with Crippen molar-refractivity contribution in [3.05, 3.63) is 225 Å². The van der Waals surface area contributed by atoms with Crippen LogP contribution in [0.5, 0.6) is 17.2 Å². The van der Waals surface area contributed by atoms with E-state index in [1.807, 2.05) is 36.4 Å². The topological polar surface area (TPSA) is 252 Å². The van der Waals surface area contributed by atoms with Gasteiger partial charge in [-0.05, 0) is 164 Å². The second-order valence-electron chi connectivity index (χ2n) is 23.3. The molecule has 6 aromatic heterocycles. The van der Waals surface area contributed by atoms with Gasteiger partial charge in [0.2, 0.25) is 0 Å². The molecule has 0 bridgehead atoms. The van der Waals surface area contributed by atoms with Crippen LogP contribution in [0.4, 0.5) is 0 Å². The Morgan fingerprint density at radius 2 is 0.778 bits per heavy atom. The quantitative estimate of drug-likeness (QED) is 0.125. The monoisotopic (exact) mass is 1210 g/mol. The predicted molar refractivity (Wildman–Crippen MR) is 346 cm³/mol. The fourth-order valence-electron chi connectivity index (χ4n) is 12.1. The molecule has 3 aliphatic heterocycles. The Morgan fingerprint density at radius 1 is 0.389 bits per heavy atom. The molecule has 458 valence electrons. The van der Waals surface area contributed by atoms with Crippen molar-refractivity contribution in [1.29, 1.82) is 0 Å². The number of piperidine rings is 2. The van der Waals surface area contributed by atoms with Gasteiger partial charge in [-0.25, -0.2) is 28.8 Å². The van der Waals surface area contributed by atoms with Crippen molar-refractivity contribution in [1.82, 2.24) is 14.7 Å². The number of benzene rings is 6. The van der Waals surface area contributed by atoms with Crippen LogP contribution < -0.4 is 33.8 Å². The minimum Gasteiger partial charge on any atom is -0.508 e. The average molecular weight is 1210 g/mol. The molecular weight excluding hydrogens is 1150 g/mol. The van der Waals surface area contributed by atoms with Gasteiger partial charge in [0.15, 0.2) is 0 Å². The normalized spacial score (nSPS) is 15.0. The van der Waals surface area contributed by atoms with Gasteiger partial charge in [0.1, 0.15) is 50.7 Å². The van der Waals surface area contributed by atoms with Gasteiger partial charge in [0.25, 0.3) is 0 Å². The van der Waals surface area contributed by atoms with Gasteiger partial charge < -0.3 is 46.7 Å². The van der Waals surface area contributed by atoms with Crippen LogP contribution in [0.2, 0.25) is 0 Å². The van der Waals surface area contributed by atoms with Gasteiger partial charge in [-0.3, -0.25) is 9.80 Å². The van der Waals surface area contributed by atoms with Gasteiger partial charge >= 0.3 is 33.8 Å². The summed E-state index contributed by atoms with van der Waals surface area (Å²) in [5, 5.41) is 34.6. The number of para-hydroxylation sites is 3. The second-order valence-corrected chi connectivity index (χ2v) is 23.3. The summed E-state index contributed by atoms with van der Waals surface area (Å²) in [5.74, 6) is 0.824. The molecule has 0 amide bonds. The Labute approximate surface area is 513 Å². The van der Waals surface area contributed by atoms with Crippen LogP contribution in [0, 0.1) is 5.92 Å². The largest absolute Gasteiger partial charge is 0.508 e. The number of hydrogen-bond acceptors (Lipinski definition) is 18. The lowest BCUT2D eigenvalue weighted by Gasteiger charge is -2.30. The summed E-state index contributed by atoms with van der Waals surface area (Å²) in [6.45, 7) is 9.58. The van der Waals surface area contributed by atoms with Crippen molar-refractivity contribution in [3.63, 3.8) is 0 Å². The first kappa shape index (κ1) is 60.2. The third-order valence-corrected chi connectivity index (χ3v) is 16.9. The summed E-state index contributed by atoms with van der Waals surface area (Å²) in [7, 11) is 2.19. The number of aromatic hydroxyl groups is 3. The lowest BCUT2D eigenvalue weighted by atomic mass is 9.97. The van der Waals surface area contributed by atoms with Crippen LogP contribution in [0.3, 0.4) is 0 Å². The van der Waals surface area contributed by atoms with Crippen molar-refractivity contribution in [2.45, 2.75) is 65.0 Å². The van der Waals surface area contributed by atoms with Crippen molar-refractivity contribution in [2.24, 2.45) is 5.92 Å². The minimum absolute atomic E-state index is 0.0247. The first-order chi connectivity index (χ1) is 43.6. The number of hydrogen-bond donors (Lipinski definition) is 3. The van der Waals surface area contributed by atoms with Crippen LogP contribution in [0.25, 0.3) is 99.2 Å². The SMILES string of the molecule is CC1CCN(Cc2c(O)ccc3c(-c4cc5ccccc5oc4=O)cc(=O)oc23)CC1.CN1CCCCC1.O=c1cc(-c2cc3ccccc3oc2=O)c2ccc(O)c(CN3CCCC3)c2o1.O=c1cc(-c2cc3ccccc3oc2=O)c2ccc(O)cc2o1. The third-order valence-electron chi connectivity index (χ3n) is 16.9. The number of nitrogens with zero attached hydrogens (tertiary/aromatic N) is 3. The van der Waals surface area contributed by atoms with Gasteiger partial charge in [-0.2, -0.15) is 0 Å². The molecule has 90 heavy (non-hydrogen) atoms. The summed E-state index contributed by atoms with van der Waals surface area (Å²) < 4.78 is 32.4. The Morgan fingerprint density at radius 3 is 1.21 bits per heavy atom. The molecule has 12 aromatic rings. The van der Waals surface area contributed by atoms with Crippen molar-refractivity contribution < 1.29 is 41.8 Å². The van der Waals surface area contributed by atoms with E-state index in [-0.39, 0.29) is 28.4 Å². The molecule has 0 spiro atoms. The van der Waals surface area contributed by atoms with E-state index >= 15 is 0 Å². The summed E-state index contributed by atoms with van der Waals surface area (Å²) in [4.78, 5) is 81.2. The number of phenols is 3. The van der Waals surface area contributed by atoms with E-state index in [2.05, 4.69) is 28.7 Å². The number of fused-ring (bicyclic) bond motifs is 6. The molecule has 3 N–H and O–H groups in total. The van der Waals surface area contributed by atoms with Gasteiger partial charge in [-0.1, -0.05) is 67.9 Å². The molecule has 0 atom stereocenters. The molecule has 9 heterocycles. The Balaban J connectivity index is 0.000000125. The van der Waals surface area contributed by atoms with Crippen molar-refractivity contribution in [2.75, 3.05) is 46.3 Å². The van der Waals surface area contributed by atoms with E-state index in [0.29, 0.717) is 102 Å². The molecule has 3 aliphatic rings. The summed E-state index contributed by atoms with van der Waals surface area (Å²) in [6.07, 6.45) is 8.69. The second kappa shape index (κ2) is 26.3. The van der Waals surface area contributed by atoms with E-state index in [1.54, 1.807) is 84.9 Å². The molecule has 0 unspecified atom stereocenters. The molecule has 15 rings (SSSR count).